The van der Waals surface area contributed by atoms with Gasteiger partial charge in [-0.15, -0.1) is 0 Å². The van der Waals surface area contributed by atoms with Crippen molar-refractivity contribution in [2.24, 2.45) is 5.73 Å². The van der Waals surface area contributed by atoms with Gasteiger partial charge in [-0.05, 0) is 0 Å². The molecule has 0 spiro atoms. The van der Waals surface area contributed by atoms with Gasteiger partial charge in [-0.25, -0.2) is 4.79 Å². The zero-order chi connectivity index (χ0) is 9.02. The molecule has 0 saturated carbocycles. The molecule has 4 nitrogen and oxygen atoms in total. The smallest absolute Gasteiger partial charge is 0.351 e. The molecular formula is C5H5Cl2NO3. The maximum Gasteiger partial charge on any atom is 0.351 e. The first kappa shape index (κ1) is 10.3. The molecule has 1 amide bonds. The van der Waals surface area contributed by atoms with Gasteiger partial charge in [0.1, 0.15) is 10.1 Å². The van der Waals surface area contributed by atoms with Gasteiger partial charge in [0.25, 0.3) is 5.91 Å². The molecule has 0 saturated heterocycles. The van der Waals surface area contributed by atoms with E-state index in [1.165, 1.54) is 0 Å². The van der Waals surface area contributed by atoms with E-state index in [-0.39, 0.29) is 0 Å². The summed E-state index contributed by atoms with van der Waals surface area (Å²) in [7, 11) is 1.11. The Kier molecular flexibility index (Phi) is 3.92. The molecule has 0 heterocycles. The van der Waals surface area contributed by atoms with Crippen LogP contribution in [0.25, 0.3) is 0 Å². The fourth-order valence-electron chi connectivity index (χ4n) is 0.287. The third-order valence-electron chi connectivity index (χ3n) is 0.774. The molecule has 0 bridgehead atoms. The number of nitrogens with two attached hydrogens (primary N) is 1. The lowest BCUT2D eigenvalue weighted by molar-refractivity contribution is -0.135. The molecule has 0 aliphatic rings. The zero-order valence-corrected chi connectivity index (χ0v) is 7.07. The van der Waals surface area contributed by atoms with E-state index in [4.69, 9.17) is 28.9 Å². The van der Waals surface area contributed by atoms with Gasteiger partial charge in [0, 0.05) is 0 Å². The molecular weight excluding hydrogens is 193 g/mol. The second-order valence-corrected chi connectivity index (χ2v) is 2.24. The van der Waals surface area contributed by atoms with E-state index in [2.05, 4.69) is 4.74 Å². The van der Waals surface area contributed by atoms with E-state index in [9.17, 15) is 9.59 Å². The molecule has 0 aliphatic heterocycles. The highest BCUT2D eigenvalue weighted by atomic mass is 35.5. The summed E-state index contributed by atoms with van der Waals surface area (Å²) in [6.07, 6.45) is 0. The first-order valence-corrected chi connectivity index (χ1v) is 3.19. The van der Waals surface area contributed by atoms with Gasteiger partial charge in [0.05, 0.1) is 7.11 Å². The van der Waals surface area contributed by atoms with Crippen molar-refractivity contribution in [3.63, 3.8) is 0 Å². The molecule has 0 aliphatic carbocycles. The molecule has 0 unspecified atom stereocenters. The third kappa shape index (κ3) is 2.78. The van der Waals surface area contributed by atoms with Crippen LogP contribution in [0.4, 0.5) is 0 Å². The summed E-state index contributed by atoms with van der Waals surface area (Å²) >= 11 is 10.5. The van der Waals surface area contributed by atoms with E-state index in [1.54, 1.807) is 0 Å². The summed E-state index contributed by atoms with van der Waals surface area (Å²) in [5.74, 6) is -1.86. The SMILES string of the molecule is COC(=O)C(Cl)=C(Cl)C(N)=O. The summed E-state index contributed by atoms with van der Waals surface area (Å²) in [6.45, 7) is 0. The van der Waals surface area contributed by atoms with Crippen LogP contribution >= 0.6 is 23.2 Å². The van der Waals surface area contributed by atoms with Crippen LogP contribution in [0.3, 0.4) is 0 Å². The zero-order valence-electron chi connectivity index (χ0n) is 5.56. The molecule has 6 heteroatoms. The first-order valence-electron chi connectivity index (χ1n) is 2.44. The molecule has 2 N–H and O–H groups in total. The number of rotatable bonds is 2. The van der Waals surface area contributed by atoms with Gasteiger partial charge in [-0.1, -0.05) is 23.2 Å². The maximum atomic E-state index is 10.6. The fourth-order valence-corrected chi connectivity index (χ4v) is 0.535. The number of primary amides is 1. The molecule has 0 atom stereocenters. The number of halogens is 2. The Labute approximate surface area is 72.9 Å². The second kappa shape index (κ2) is 4.20. The molecule has 0 fully saturated rings. The van der Waals surface area contributed by atoms with Crippen LogP contribution in [0.1, 0.15) is 0 Å². The molecule has 0 radical (unpaired) electrons. The highest BCUT2D eigenvalue weighted by Crippen LogP contribution is 2.14. The predicted molar refractivity (Wildman–Crippen MR) is 39.9 cm³/mol. The minimum Gasteiger partial charge on any atom is -0.465 e. The molecule has 0 aromatic rings. The Bertz CT molecular complexity index is 224. The lowest BCUT2D eigenvalue weighted by Gasteiger charge is -1.96. The van der Waals surface area contributed by atoms with Crippen LogP contribution < -0.4 is 5.73 Å². The van der Waals surface area contributed by atoms with E-state index < -0.39 is 21.9 Å². The highest BCUT2D eigenvalue weighted by molar-refractivity contribution is 6.53. The Morgan fingerprint density at radius 1 is 1.27 bits per heavy atom. The summed E-state index contributed by atoms with van der Waals surface area (Å²) < 4.78 is 4.16. The lowest BCUT2D eigenvalue weighted by atomic mass is 10.5. The van der Waals surface area contributed by atoms with Gasteiger partial charge < -0.3 is 10.5 Å². The minimum atomic E-state index is -0.970. The number of amides is 1. The Morgan fingerprint density at radius 3 is 2.00 bits per heavy atom. The Balaban J connectivity index is 4.66. The minimum absolute atomic E-state index is 0.512. The topological polar surface area (TPSA) is 69.4 Å². The summed E-state index contributed by atoms with van der Waals surface area (Å²) in [4.78, 5) is 20.9. The van der Waals surface area contributed by atoms with Gasteiger partial charge in [0.2, 0.25) is 0 Å². The number of ether oxygens (including phenoxy) is 1. The average molecular weight is 198 g/mol. The van der Waals surface area contributed by atoms with Crippen molar-refractivity contribution in [1.82, 2.24) is 0 Å². The maximum absolute atomic E-state index is 10.6. The monoisotopic (exact) mass is 197 g/mol. The molecule has 0 aromatic heterocycles. The third-order valence-corrected chi connectivity index (χ3v) is 1.59. The van der Waals surface area contributed by atoms with Crippen molar-refractivity contribution in [2.45, 2.75) is 0 Å². The van der Waals surface area contributed by atoms with Crippen molar-refractivity contribution in [3.8, 4) is 0 Å². The number of methoxy groups -OCH3 is 1. The largest absolute Gasteiger partial charge is 0.465 e. The van der Waals surface area contributed by atoms with Gasteiger partial charge in [-0.2, -0.15) is 0 Å². The Hall–Kier alpha value is -0.740. The van der Waals surface area contributed by atoms with E-state index >= 15 is 0 Å². The van der Waals surface area contributed by atoms with Gasteiger partial charge in [-0.3, -0.25) is 4.79 Å². The summed E-state index contributed by atoms with van der Waals surface area (Å²) in [5, 5.41) is -1.04. The molecule has 0 aromatic carbocycles. The molecule has 62 valence electrons. The van der Waals surface area contributed by atoms with Crippen LogP contribution in [-0.4, -0.2) is 19.0 Å². The van der Waals surface area contributed by atoms with Crippen LogP contribution in [-0.2, 0) is 14.3 Å². The normalized spacial score (nSPS) is 11.9. The first-order chi connectivity index (χ1) is 5.00. The quantitative estimate of drug-likeness (QED) is 0.513. The lowest BCUT2D eigenvalue weighted by Crippen LogP contribution is -2.14. The molecule has 11 heavy (non-hydrogen) atoms. The number of carbonyl (C=O) groups is 2. The van der Waals surface area contributed by atoms with Crippen LogP contribution in [0.15, 0.2) is 10.1 Å². The average Bonchev–Trinajstić information content (AvgIpc) is 2.00. The van der Waals surface area contributed by atoms with Crippen LogP contribution in [0.2, 0.25) is 0 Å². The summed E-state index contributed by atoms with van der Waals surface area (Å²) in [6, 6.07) is 0. The van der Waals surface area contributed by atoms with Crippen molar-refractivity contribution in [1.29, 1.82) is 0 Å². The summed E-state index contributed by atoms with van der Waals surface area (Å²) in [5.41, 5.74) is 4.71. The number of carbonyl (C=O) groups excluding carboxylic acids is 2. The fraction of sp³-hybridized carbons (Fsp3) is 0.200. The van der Waals surface area contributed by atoms with Crippen molar-refractivity contribution < 1.29 is 14.3 Å². The van der Waals surface area contributed by atoms with Crippen molar-refractivity contribution in [2.75, 3.05) is 7.11 Å². The van der Waals surface area contributed by atoms with E-state index in [0.29, 0.717) is 0 Å². The van der Waals surface area contributed by atoms with Crippen LogP contribution in [0.5, 0.6) is 0 Å². The Morgan fingerprint density at radius 2 is 1.73 bits per heavy atom. The van der Waals surface area contributed by atoms with Gasteiger partial charge >= 0.3 is 5.97 Å². The van der Waals surface area contributed by atoms with Crippen molar-refractivity contribution >= 4 is 35.1 Å². The highest BCUT2D eigenvalue weighted by Gasteiger charge is 2.15. The second-order valence-electron chi connectivity index (χ2n) is 1.48. The van der Waals surface area contributed by atoms with E-state index in [1.807, 2.05) is 0 Å². The predicted octanol–water partition coefficient (Wildman–Crippen LogP) is 0.334. The molecule has 0 rings (SSSR count). The standard InChI is InChI=1S/C5H5Cl2NO3/c1-11-5(10)3(7)2(6)4(8)9/h1H3,(H2,8,9). The number of esters is 1. The van der Waals surface area contributed by atoms with Gasteiger partial charge in [0.15, 0.2) is 0 Å². The number of hydrogen-bond donors (Lipinski definition) is 1. The van der Waals surface area contributed by atoms with Crippen molar-refractivity contribution in [3.05, 3.63) is 10.1 Å². The van der Waals surface area contributed by atoms with E-state index in [0.717, 1.165) is 7.11 Å². The van der Waals surface area contributed by atoms with Crippen LogP contribution in [0, 0.1) is 0 Å². The number of hydrogen-bond acceptors (Lipinski definition) is 3.